The fourth-order valence-electron chi connectivity index (χ4n) is 2.56. The van der Waals surface area contributed by atoms with Crippen molar-refractivity contribution >= 4 is 27.5 Å². The van der Waals surface area contributed by atoms with Crippen molar-refractivity contribution in [3.05, 3.63) is 72.2 Å². The molecule has 2 aromatic heterocycles. The van der Waals surface area contributed by atoms with E-state index in [1.54, 1.807) is 12.3 Å². The third kappa shape index (κ3) is 6.29. The second-order valence-corrected chi connectivity index (χ2v) is 8.00. The van der Waals surface area contributed by atoms with Crippen LogP contribution in [-0.2, 0) is 15.8 Å². The van der Waals surface area contributed by atoms with E-state index in [4.69, 9.17) is 0 Å². The third-order valence-electron chi connectivity index (χ3n) is 3.78. The summed E-state index contributed by atoms with van der Waals surface area (Å²) < 4.78 is 27.0. The second-order valence-electron chi connectivity index (χ2n) is 6.20. The SMILES string of the molecule is Cc1cccc(CS(=O)(=O)NCCNc2cc(Nc3ccccn3)ncn2)c1. The first kappa shape index (κ1) is 19.7. The number of aryl methyl sites for hydroxylation is 1. The minimum Gasteiger partial charge on any atom is -0.369 e. The lowest BCUT2D eigenvalue weighted by Gasteiger charge is -2.10. The fraction of sp³-hybridized carbons (Fsp3) is 0.211. The van der Waals surface area contributed by atoms with Gasteiger partial charge in [0.15, 0.2) is 0 Å². The molecule has 9 heteroatoms. The molecule has 2 heterocycles. The molecule has 0 radical (unpaired) electrons. The Labute approximate surface area is 164 Å². The van der Waals surface area contributed by atoms with E-state index in [1.807, 2.05) is 49.4 Å². The Bertz CT molecular complexity index is 1010. The van der Waals surface area contributed by atoms with Gasteiger partial charge in [0.1, 0.15) is 23.8 Å². The van der Waals surface area contributed by atoms with Crippen LogP contribution in [0.5, 0.6) is 0 Å². The molecule has 146 valence electrons. The van der Waals surface area contributed by atoms with Crippen molar-refractivity contribution in [1.82, 2.24) is 19.7 Å². The summed E-state index contributed by atoms with van der Waals surface area (Å²) in [5.74, 6) is 1.82. The van der Waals surface area contributed by atoms with Gasteiger partial charge in [-0.2, -0.15) is 0 Å². The lowest BCUT2D eigenvalue weighted by molar-refractivity contribution is 0.582. The smallest absolute Gasteiger partial charge is 0.215 e. The molecule has 0 saturated carbocycles. The summed E-state index contributed by atoms with van der Waals surface area (Å²) in [6, 6.07) is 14.7. The largest absolute Gasteiger partial charge is 0.369 e. The summed E-state index contributed by atoms with van der Waals surface area (Å²) in [5.41, 5.74) is 1.80. The number of benzene rings is 1. The second kappa shape index (κ2) is 9.25. The summed E-state index contributed by atoms with van der Waals surface area (Å²) >= 11 is 0. The van der Waals surface area contributed by atoms with Crippen molar-refractivity contribution in [2.75, 3.05) is 23.7 Å². The Morgan fingerprint density at radius 2 is 1.75 bits per heavy atom. The average Bonchev–Trinajstić information content (AvgIpc) is 2.66. The van der Waals surface area contributed by atoms with Gasteiger partial charge in [-0.1, -0.05) is 35.9 Å². The van der Waals surface area contributed by atoms with Crippen LogP contribution >= 0.6 is 0 Å². The number of rotatable bonds is 9. The van der Waals surface area contributed by atoms with Gasteiger partial charge in [-0.05, 0) is 24.6 Å². The molecule has 1 aromatic carbocycles. The lowest BCUT2D eigenvalue weighted by atomic mass is 10.2. The minimum atomic E-state index is -3.40. The van der Waals surface area contributed by atoms with Gasteiger partial charge in [0, 0.05) is 25.4 Å². The average molecular weight is 398 g/mol. The zero-order chi connectivity index (χ0) is 19.8. The molecule has 0 fully saturated rings. The molecule has 0 saturated heterocycles. The molecule has 28 heavy (non-hydrogen) atoms. The van der Waals surface area contributed by atoms with Gasteiger partial charge < -0.3 is 10.6 Å². The molecule has 8 nitrogen and oxygen atoms in total. The standard InChI is InChI=1S/C19H22N6O2S/c1-15-5-4-6-16(11-15)13-28(26,27)24-10-9-21-18-12-19(23-14-22-18)25-17-7-2-3-8-20-17/h2-8,11-12,14,24H,9-10,13H2,1H3,(H2,20,21,22,23,25). The van der Waals surface area contributed by atoms with E-state index in [1.165, 1.54) is 6.33 Å². The first-order valence-corrected chi connectivity index (χ1v) is 10.4. The number of nitrogens with one attached hydrogen (secondary N) is 3. The summed E-state index contributed by atoms with van der Waals surface area (Å²) in [5, 5.41) is 6.15. The highest BCUT2D eigenvalue weighted by Gasteiger charge is 2.11. The molecule has 0 aliphatic carbocycles. The summed E-state index contributed by atoms with van der Waals surface area (Å²) in [6.45, 7) is 2.58. The molecule has 0 atom stereocenters. The van der Waals surface area contributed by atoms with E-state index in [9.17, 15) is 8.42 Å². The van der Waals surface area contributed by atoms with Crippen LogP contribution in [0.2, 0.25) is 0 Å². The number of sulfonamides is 1. The zero-order valence-electron chi connectivity index (χ0n) is 15.5. The highest BCUT2D eigenvalue weighted by Crippen LogP contribution is 2.13. The van der Waals surface area contributed by atoms with Crippen LogP contribution in [0.15, 0.2) is 61.1 Å². The highest BCUT2D eigenvalue weighted by molar-refractivity contribution is 7.88. The molecule has 0 amide bonds. The van der Waals surface area contributed by atoms with E-state index in [-0.39, 0.29) is 12.3 Å². The van der Waals surface area contributed by atoms with Crippen molar-refractivity contribution in [2.24, 2.45) is 0 Å². The molecule has 3 N–H and O–H groups in total. The fourth-order valence-corrected chi connectivity index (χ4v) is 3.69. The molecule has 0 aliphatic heterocycles. The van der Waals surface area contributed by atoms with Crippen molar-refractivity contribution < 1.29 is 8.42 Å². The molecule has 3 rings (SSSR count). The molecule has 0 bridgehead atoms. The van der Waals surface area contributed by atoms with E-state index in [0.717, 1.165) is 11.1 Å². The number of nitrogens with zero attached hydrogens (tertiary/aromatic N) is 3. The van der Waals surface area contributed by atoms with Gasteiger partial charge in [-0.15, -0.1) is 0 Å². The van der Waals surface area contributed by atoms with Crippen LogP contribution in [0.4, 0.5) is 17.5 Å². The summed E-state index contributed by atoms with van der Waals surface area (Å²) in [6.07, 6.45) is 3.11. The van der Waals surface area contributed by atoms with E-state index < -0.39 is 10.0 Å². The van der Waals surface area contributed by atoms with Crippen LogP contribution < -0.4 is 15.4 Å². The van der Waals surface area contributed by atoms with Crippen LogP contribution in [0.1, 0.15) is 11.1 Å². The topological polar surface area (TPSA) is 109 Å². The maximum atomic E-state index is 12.2. The van der Waals surface area contributed by atoms with Crippen LogP contribution in [0.25, 0.3) is 0 Å². The Morgan fingerprint density at radius 1 is 0.893 bits per heavy atom. The van der Waals surface area contributed by atoms with Crippen LogP contribution in [0.3, 0.4) is 0 Å². The molecule has 0 aliphatic rings. The molecule has 0 unspecified atom stereocenters. The van der Waals surface area contributed by atoms with Gasteiger partial charge in [0.2, 0.25) is 10.0 Å². The van der Waals surface area contributed by atoms with Crippen molar-refractivity contribution in [2.45, 2.75) is 12.7 Å². The number of hydrogen-bond acceptors (Lipinski definition) is 7. The molecule has 0 spiro atoms. The lowest BCUT2D eigenvalue weighted by Crippen LogP contribution is -2.30. The van der Waals surface area contributed by atoms with Gasteiger partial charge >= 0.3 is 0 Å². The van der Waals surface area contributed by atoms with E-state index in [2.05, 4.69) is 30.3 Å². The quantitative estimate of drug-likeness (QED) is 0.475. The Morgan fingerprint density at radius 3 is 2.54 bits per heavy atom. The predicted molar refractivity (Wildman–Crippen MR) is 110 cm³/mol. The van der Waals surface area contributed by atoms with Crippen LogP contribution in [0, 0.1) is 6.92 Å². The van der Waals surface area contributed by atoms with Gasteiger partial charge in [0.05, 0.1) is 5.75 Å². The Hall–Kier alpha value is -3.04. The monoisotopic (exact) mass is 398 g/mol. The normalized spacial score (nSPS) is 11.2. The zero-order valence-corrected chi connectivity index (χ0v) is 16.3. The maximum absolute atomic E-state index is 12.2. The number of anilines is 3. The first-order valence-electron chi connectivity index (χ1n) is 8.77. The Kier molecular flexibility index (Phi) is 6.51. The first-order chi connectivity index (χ1) is 13.5. The minimum absolute atomic E-state index is 0.0413. The van der Waals surface area contributed by atoms with Gasteiger partial charge in [0.25, 0.3) is 0 Å². The molecular formula is C19H22N6O2S. The van der Waals surface area contributed by atoms with E-state index >= 15 is 0 Å². The van der Waals surface area contributed by atoms with Gasteiger partial charge in [-0.25, -0.2) is 28.1 Å². The number of hydrogen-bond donors (Lipinski definition) is 3. The third-order valence-corrected chi connectivity index (χ3v) is 5.14. The van der Waals surface area contributed by atoms with Crippen molar-refractivity contribution in [3.63, 3.8) is 0 Å². The number of pyridine rings is 1. The summed E-state index contributed by atoms with van der Waals surface area (Å²) in [7, 11) is -3.40. The molecular weight excluding hydrogens is 376 g/mol. The predicted octanol–water partition coefficient (Wildman–Crippen LogP) is 2.46. The number of aromatic nitrogens is 3. The van der Waals surface area contributed by atoms with Crippen LogP contribution in [-0.4, -0.2) is 36.5 Å². The highest BCUT2D eigenvalue weighted by atomic mass is 32.2. The summed E-state index contributed by atoms with van der Waals surface area (Å²) in [4.78, 5) is 12.5. The molecule has 3 aromatic rings. The van der Waals surface area contributed by atoms with Crippen molar-refractivity contribution in [1.29, 1.82) is 0 Å². The Balaban J connectivity index is 1.47. The maximum Gasteiger partial charge on any atom is 0.215 e. The van der Waals surface area contributed by atoms with Gasteiger partial charge in [-0.3, -0.25) is 0 Å². The van der Waals surface area contributed by atoms with Crippen molar-refractivity contribution in [3.8, 4) is 0 Å². The van der Waals surface area contributed by atoms with E-state index in [0.29, 0.717) is 24.0 Å².